The number of aryl methyl sites for hydroxylation is 1. The maximum absolute atomic E-state index is 13.5. The van der Waals surface area contributed by atoms with Crippen molar-refractivity contribution in [3.8, 4) is 11.4 Å². The van der Waals surface area contributed by atoms with Gasteiger partial charge in [-0.3, -0.25) is 4.79 Å². The molecule has 0 bridgehead atoms. The van der Waals surface area contributed by atoms with Crippen LogP contribution in [0.1, 0.15) is 50.2 Å². The molecule has 4 rings (SSSR count). The van der Waals surface area contributed by atoms with Gasteiger partial charge in [-0.15, -0.1) is 0 Å². The van der Waals surface area contributed by atoms with Crippen molar-refractivity contribution in [2.45, 2.75) is 40.2 Å². The van der Waals surface area contributed by atoms with E-state index in [1.807, 2.05) is 43.0 Å². The fraction of sp³-hybridized carbons (Fsp3) is 0.346. The predicted molar refractivity (Wildman–Crippen MR) is 126 cm³/mol. The second kappa shape index (κ2) is 8.81. The van der Waals surface area contributed by atoms with Crippen LogP contribution in [0.4, 0.5) is 4.39 Å². The highest BCUT2D eigenvalue weighted by atomic mass is 19.1. The molecular weight excluding hydrogens is 419 g/mol. The molecule has 6 nitrogen and oxygen atoms in total. The highest BCUT2D eigenvalue weighted by Crippen LogP contribution is 2.38. The van der Waals surface area contributed by atoms with E-state index in [0.29, 0.717) is 24.5 Å². The molecule has 0 saturated carbocycles. The van der Waals surface area contributed by atoms with E-state index in [1.165, 1.54) is 12.1 Å². The summed E-state index contributed by atoms with van der Waals surface area (Å²) < 4.78 is 20.6. The molecule has 0 radical (unpaired) electrons. The van der Waals surface area contributed by atoms with E-state index in [4.69, 9.17) is 4.74 Å². The Morgan fingerprint density at radius 2 is 1.91 bits per heavy atom. The smallest absolute Gasteiger partial charge is 0.250 e. The van der Waals surface area contributed by atoms with Gasteiger partial charge in [0.2, 0.25) is 5.91 Å². The van der Waals surface area contributed by atoms with Crippen LogP contribution < -0.4 is 4.74 Å². The highest BCUT2D eigenvalue weighted by Gasteiger charge is 2.37. The Morgan fingerprint density at radius 3 is 2.55 bits per heavy atom. The molecule has 33 heavy (non-hydrogen) atoms. The Morgan fingerprint density at radius 1 is 1.18 bits per heavy atom. The first-order valence-corrected chi connectivity index (χ1v) is 11.0. The van der Waals surface area contributed by atoms with Crippen molar-refractivity contribution in [2.24, 2.45) is 5.41 Å². The molecule has 1 aliphatic heterocycles. The molecule has 1 aromatic heterocycles. The van der Waals surface area contributed by atoms with Gasteiger partial charge in [-0.2, -0.15) is 5.10 Å². The summed E-state index contributed by atoms with van der Waals surface area (Å²) in [5.74, 6) is 1.04. The molecule has 3 aromatic rings. The van der Waals surface area contributed by atoms with Gasteiger partial charge in [0.25, 0.3) is 0 Å². The van der Waals surface area contributed by atoms with Crippen LogP contribution in [0.5, 0.6) is 5.75 Å². The number of likely N-dealkylation sites (tertiary alicyclic amines) is 1. The Labute approximate surface area is 193 Å². The van der Waals surface area contributed by atoms with E-state index in [2.05, 4.69) is 23.9 Å². The number of benzene rings is 2. The van der Waals surface area contributed by atoms with Crippen LogP contribution in [0.2, 0.25) is 0 Å². The summed E-state index contributed by atoms with van der Waals surface area (Å²) in [6.45, 7) is 8.78. The summed E-state index contributed by atoms with van der Waals surface area (Å²) >= 11 is 0. The molecule has 2 aromatic carbocycles. The van der Waals surface area contributed by atoms with E-state index in [-0.39, 0.29) is 23.2 Å². The molecule has 172 valence electrons. The number of halogens is 1. The number of aromatic nitrogens is 3. The van der Waals surface area contributed by atoms with Crippen molar-refractivity contribution in [3.05, 3.63) is 77.1 Å². The fourth-order valence-electron chi connectivity index (χ4n) is 4.35. The van der Waals surface area contributed by atoms with E-state index in [9.17, 15) is 9.18 Å². The Bertz CT molecular complexity index is 1200. The minimum Gasteiger partial charge on any atom is -0.494 e. The number of hydrogen-bond donors (Lipinski definition) is 0. The van der Waals surface area contributed by atoms with E-state index < -0.39 is 0 Å². The van der Waals surface area contributed by atoms with E-state index in [0.717, 1.165) is 22.4 Å². The highest BCUT2D eigenvalue weighted by molar-refractivity contribution is 5.99. The quantitative estimate of drug-likeness (QED) is 0.508. The first-order chi connectivity index (χ1) is 15.7. The second-order valence-electron chi connectivity index (χ2n) is 9.34. The largest absolute Gasteiger partial charge is 0.494 e. The minimum atomic E-state index is -0.282. The first-order valence-electron chi connectivity index (χ1n) is 11.0. The summed E-state index contributed by atoms with van der Waals surface area (Å²) in [6, 6.07) is 12.0. The van der Waals surface area contributed by atoms with Gasteiger partial charge in [0.15, 0.2) is 0 Å². The standard InChI is InChI=1S/C26H29FN4O2/c1-17(20-7-9-22(27)10-8-20)30-15-26(3,4)14-21(25(30)32)12-19-6-11-23(24(13-19)33-5)31-16-28-18(2)29-31/h6-13,16-17H,14-15H2,1-5H3/b21-12+/t17-/m0/s1. The number of hydrogen-bond acceptors (Lipinski definition) is 4. The summed E-state index contributed by atoms with van der Waals surface area (Å²) in [5, 5.41) is 4.36. The molecule has 0 N–H and O–H groups in total. The van der Waals surface area contributed by atoms with Crippen molar-refractivity contribution in [3.63, 3.8) is 0 Å². The van der Waals surface area contributed by atoms with Gasteiger partial charge in [-0.1, -0.05) is 32.0 Å². The average Bonchev–Trinajstić information content (AvgIpc) is 3.21. The van der Waals surface area contributed by atoms with Crippen molar-refractivity contribution in [1.82, 2.24) is 19.7 Å². The van der Waals surface area contributed by atoms with Gasteiger partial charge in [-0.05, 0) is 67.2 Å². The Kier molecular flexibility index (Phi) is 6.06. The number of nitrogens with zero attached hydrogens (tertiary/aromatic N) is 4. The Balaban J connectivity index is 1.66. The average molecular weight is 449 g/mol. The number of rotatable bonds is 5. The maximum Gasteiger partial charge on any atom is 0.250 e. The van der Waals surface area contributed by atoms with Gasteiger partial charge in [0.1, 0.15) is 29.4 Å². The van der Waals surface area contributed by atoms with Crippen LogP contribution in [0.15, 0.2) is 54.4 Å². The summed E-state index contributed by atoms with van der Waals surface area (Å²) in [7, 11) is 1.61. The van der Waals surface area contributed by atoms with Gasteiger partial charge >= 0.3 is 0 Å². The fourth-order valence-corrected chi connectivity index (χ4v) is 4.35. The zero-order valence-electron chi connectivity index (χ0n) is 19.7. The lowest BCUT2D eigenvalue weighted by atomic mass is 9.79. The van der Waals surface area contributed by atoms with Gasteiger partial charge in [0.05, 0.1) is 13.2 Å². The SMILES string of the molecule is COc1cc(/C=C2\CC(C)(C)CN([C@@H](C)c3ccc(F)cc3)C2=O)ccc1-n1cnc(C)n1. The third-order valence-electron chi connectivity index (χ3n) is 6.02. The van der Waals surface area contributed by atoms with Gasteiger partial charge < -0.3 is 9.64 Å². The zero-order chi connectivity index (χ0) is 23.8. The molecule has 0 unspecified atom stereocenters. The molecule has 1 saturated heterocycles. The van der Waals surface area contributed by atoms with Crippen molar-refractivity contribution in [2.75, 3.05) is 13.7 Å². The van der Waals surface area contributed by atoms with Crippen LogP contribution in [0.3, 0.4) is 0 Å². The van der Waals surface area contributed by atoms with Crippen molar-refractivity contribution in [1.29, 1.82) is 0 Å². The predicted octanol–water partition coefficient (Wildman–Crippen LogP) is 5.13. The number of piperidine rings is 1. The van der Waals surface area contributed by atoms with E-state index >= 15 is 0 Å². The number of methoxy groups -OCH3 is 1. The van der Waals surface area contributed by atoms with Gasteiger partial charge in [0, 0.05) is 12.1 Å². The lowest BCUT2D eigenvalue weighted by molar-refractivity contribution is -0.133. The topological polar surface area (TPSA) is 60.2 Å². The normalized spacial score (nSPS) is 17.9. The van der Waals surface area contributed by atoms with Crippen molar-refractivity contribution < 1.29 is 13.9 Å². The van der Waals surface area contributed by atoms with Gasteiger partial charge in [-0.25, -0.2) is 14.1 Å². The molecule has 1 atom stereocenters. The molecule has 0 aliphatic carbocycles. The zero-order valence-corrected chi connectivity index (χ0v) is 19.7. The number of ether oxygens (including phenoxy) is 1. The second-order valence-corrected chi connectivity index (χ2v) is 9.34. The molecule has 1 aliphatic rings. The number of carbonyl (C=O) groups excluding carboxylic acids is 1. The summed E-state index contributed by atoms with van der Waals surface area (Å²) in [4.78, 5) is 19.5. The maximum atomic E-state index is 13.5. The van der Waals surface area contributed by atoms with Crippen LogP contribution in [0.25, 0.3) is 11.8 Å². The number of amides is 1. The lowest BCUT2D eigenvalue weighted by Gasteiger charge is -2.42. The Hall–Kier alpha value is -3.48. The lowest BCUT2D eigenvalue weighted by Crippen LogP contribution is -2.46. The monoisotopic (exact) mass is 448 g/mol. The van der Waals surface area contributed by atoms with Crippen LogP contribution >= 0.6 is 0 Å². The summed E-state index contributed by atoms with van der Waals surface area (Å²) in [6.07, 6.45) is 4.25. The van der Waals surface area contributed by atoms with Crippen LogP contribution in [0, 0.1) is 18.2 Å². The molecule has 2 heterocycles. The first kappa shape index (κ1) is 22.7. The molecule has 7 heteroatoms. The van der Waals surface area contributed by atoms with Crippen LogP contribution in [-0.2, 0) is 4.79 Å². The third kappa shape index (κ3) is 4.82. The minimum absolute atomic E-state index is 0.00101. The molecule has 1 fully saturated rings. The molecular formula is C26H29FN4O2. The van der Waals surface area contributed by atoms with Crippen LogP contribution in [-0.4, -0.2) is 39.2 Å². The van der Waals surface area contributed by atoms with E-state index in [1.54, 1.807) is 30.3 Å². The molecule has 0 spiro atoms. The molecule has 1 amide bonds. The number of carbonyl (C=O) groups is 1. The summed E-state index contributed by atoms with van der Waals surface area (Å²) in [5.41, 5.74) is 3.23. The third-order valence-corrected chi connectivity index (χ3v) is 6.02. The van der Waals surface area contributed by atoms with Crippen molar-refractivity contribution >= 4 is 12.0 Å².